The fourth-order valence-corrected chi connectivity index (χ4v) is 2.75. The van der Waals surface area contributed by atoms with Gasteiger partial charge < -0.3 is 10.0 Å². The molecule has 1 aliphatic heterocycles. The van der Waals surface area contributed by atoms with E-state index in [0.29, 0.717) is 12.5 Å². The molecule has 2 N–H and O–H groups in total. The van der Waals surface area contributed by atoms with Crippen molar-refractivity contribution in [3.05, 3.63) is 0 Å². The minimum absolute atomic E-state index is 0.438. The van der Waals surface area contributed by atoms with E-state index in [2.05, 4.69) is 17.1 Å². The minimum atomic E-state index is -0.745. The van der Waals surface area contributed by atoms with Gasteiger partial charge in [0.15, 0.2) is 0 Å². The van der Waals surface area contributed by atoms with Crippen LogP contribution >= 0.6 is 0 Å². The van der Waals surface area contributed by atoms with Gasteiger partial charge in [-0.25, -0.2) is 0 Å². The van der Waals surface area contributed by atoms with E-state index in [-0.39, 0.29) is 0 Å². The van der Waals surface area contributed by atoms with Gasteiger partial charge in [0.25, 0.3) is 0 Å². The van der Waals surface area contributed by atoms with E-state index in [1.807, 2.05) is 6.92 Å². The molecule has 0 aromatic carbocycles. The van der Waals surface area contributed by atoms with Crippen molar-refractivity contribution in [1.29, 1.82) is 0 Å². The van der Waals surface area contributed by atoms with Crippen LogP contribution in [0.1, 0.15) is 46.0 Å². The molecule has 2 aliphatic rings. The number of carbonyl (C=O) groups is 1. The average Bonchev–Trinajstić information content (AvgIpc) is 3.02. The van der Waals surface area contributed by atoms with Crippen molar-refractivity contribution in [2.24, 2.45) is 5.92 Å². The molecule has 0 bridgehead atoms. The van der Waals surface area contributed by atoms with Crippen molar-refractivity contribution in [2.75, 3.05) is 19.6 Å². The Morgan fingerprint density at radius 1 is 1.44 bits per heavy atom. The summed E-state index contributed by atoms with van der Waals surface area (Å²) in [6.45, 7) is 7.26. The Labute approximate surface area is 110 Å². The van der Waals surface area contributed by atoms with Crippen LogP contribution in [0.4, 0.5) is 0 Å². The van der Waals surface area contributed by atoms with Crippen molar-refractivity contribution >= 4 is 5.97 Å². The van der Waals surface area contributed by atoms with Gasteiger partial charge in [0, 0.05) is 19.1 Å². The zero-order valence-electron chi connectivity index (χ0n) is 11.6. The van der Waals surface area contributed by atoms with E-state index in [9.17, 15) is 9.90 Å². The third-order valence-electron chi connectivity index (χ3n) is 4.45. The molecule has 0 amide bonds. The Morgan fingerprint density at radius 2 is 2.17 bits per heavy atom. The molecular weight excluding hydrogens is 228 g/mol. The van der Waals surface area contributed by atoms with Crippen LogP contribution < -0.4 is 5.32 Å². The minimum Gasteiger partial charge on any atom is -0.480 e. The van der Waals surface area contributed by atoms with Crippen LogP contribution in [0, 0.1) is 5.92 Å². The number of carboxylic acid groups (broad SMARTS) is 1. The summed E-state index contributed by atoms with van der Waals surface area (Å²) in [6.07, 6.45) is 5.48. The van der Waals surface area contributed by atoms with Crippen LogP contribution in [0.25, 0.3) is 0 Å². The molecule has 0 radical (unpaired) electrons. The number of nitrogens with one attached hydrogen (secondary N) is 1. The van der Waals surface area contributed by atoms with E-state index < -0.39 is 11.5 Å². The van der Waals surface area contributed by atoms with E-state index in [1.54, 1.807) is 0 Å². The van der Waals surface area contributed by atoms with Gasteiger partial charge >= 0.3 is 5.97 Å². The number of likely N-dealkylation sites (tertiary alicyclic amines) is 1. The Morgan fingerprint density at radius 3 is 2.67 bits per heavy atom. The smallest absolute Gasteiger partial charge is 0.323 e. The quantitative estimate of drug-likeness (QED) is 0.726. The fraction of sp³-hybridized carbons (Fsp3) is 0.929. The topological polar surface area (TPSA) is 52.6 Å². The number of aliphatic carboxylic acids is 1. The molecule has 0 aromatic heterocycles. The van der Waals surface area contributed by atoms with Crippen LogP contribution in [-0.2, 0) is 4.79 Å². The lowest BCUT2D eigenvalue weighted by Crippen LogP contribution is -2.52. The van der Waals surface area contributed by atoms with Gasteiger partial charge in [-0.1, -0.05) is 13.3 Å². The molecule has 104 valence electrons. The highest BCUT2D eigenvalue weighted by Crippen LogP contribution is 2.25. The number of hydrogen-bond acceptors (Lipinski definition) is 3. The van der Waals surface area contributed by atoms with E-state index in [0.717, 1.165) is 38.4 Å². The van der Waals surface area contributed by atoms with Crippen LogP contribution in [0.3, 0.4) is 0 Å². The number of rotatable bonds is 7. The molecule has 2 fully saturated rings. The van der Waals surface area contributed by atoms with E-state index >= 15 is 0 Å². The second kappa shape index (κ2) is 5.57. The van der Waals surface area contributed by atoms with Crippen LogP contribution in [-0.4, -0.2) is 47.2 Å². The van der Waals surface area contributed by atoms with Crippen molar-refractivity contribution in [3.63, 3.8) is 0 Å². The molecule has 2 rings (SSSR count). The molecule has 4 nitrogen and oxygen atoms in total. The summed E-state index contributed by atoms with van der Waals surface area (Å²) in [5, 5.41) is 12.7. The molecule has 0 aromatic rings. The SMILES string of the molecule is CCC1CCN(CCC(C)(NC2CC2)C(=O)O)C1. The molecule has 1 heterocycles. The maximum atomic E-state index is 11.4. The lowest BCUT2D eigenvalue weighted by molar-refractivity contribution is -0.144. The summed E-state index contributed by atoms with van der Waals surface area (Å²) < 4.78 is 0. The number of hydrogen-bond donors (Lipinski definition) is 2. The van der Waals surface area contributed by atoms with Gasteiger partial charge in [-0.2, -0.15) is 0 Å². The van der Waals surface area contributed by atoms with Crippen molar-refractivity contribution in [2.45, 2.75) is 57.5 Å². The first-order valence-corrected chi connectivity index (χ1v) is 7.27. The largest absolute Gasteiger partial charge is 0.480 e. The van der Waals surface area contributed by atoms with Gasteiger partial charge in [-0.05, 0) is 45.1 Å². The Balaban J connectivity index is 1.80. The standard InChI is InChI=1S/C14H26N2O2/c1-3-11-6-8-16(10-11)9-7-14(2,13(17)18)15-12-4-5-12/h11-12,15H,3-10H2,1-2H3,(H,17,18). The molecule has 1 saturated heterocycles. The van der Waals surface area contributed by atoms with Crippen LogP contribution in [0.2, 0.25) is 0 Å². The first-order chi connectivity index (χ1) is 8.53. The zero-order valence-corrected chi connectivity index (χ0v) is 11.6. The highest BCUT2D eigenvalue weighted by atomic mass is 16.4. The second-order valence-corrected chi connectivity index (χ2v) is 6.17. The Kier molecular flexibility index (Phi) is 4.28. The molecule has 1 saturated carbocycles. The highest BCUT2D eigenvalue weighted by molar-refractivity contribution is 5.78. The van der Waals surface area contributed by atoms with E-state index in [1.165, 1.54) is 12.8 Å². The Hall–Kier alpha value is -0.610. The highest BCUT2D eigenvalue weighted by Gasteiger charge is 2.38. The molecule has 1 aliphatic carbocycles. The zero-order chi connectivity index (χ0) is 13.2. The summed E-state index contributed by atoms with van der Waals surface area (Å²) in [5.41, 5.74) is -0.745. The van der Waals surface area contributed by atoms with Gasteiger partial charge in [-0.3, -0.25) is 10.1 Å². The van der Waals surface area contributed by atoms with Crippen LogP contribution in [0.5, 0.6) is 0 Å². The number of nitrogens with zero attached hydrogens (tertiary/aromatic N) is 1. The Bertz CT molecular complexity index is 304. The predicted octanol–water partition coefficient (Wildman–Crippen LogP) is 1.70. The summed E-state index contributed by atoms with van der Waals surface area (Å²) >= 11 is 0. The first kappa shape index (κ1) is 13.8. The van der Waals surface area contributed by atoms with Gasteiger partial charge in [0.05, 0.1) is 0 Å². The molecule has 2 atom stereocenters. The molecular formula is C14H26N2O2. The average molecular weight is 254 g/mol. The van der Waals surface area contributed by atoms with Gasteiger partial charge in [-0.15, -0.1) is 0 Å². The number of carboxylic acids is 1. The van der Waals surface area contributed by atoms with E-state index in [4.69, 9.17) is 0 Å². The maximum absolute atomic E-state index is 11.4. The summed E-state index contributed by atoms with van der Waals surface area (Å²) in [4.78, 5) is 13.8. The normalized spacial score (nSPS) is 28.2. The molecule has 2 unspecified atom stereocenters. The van der Waals surface area contributed by atoms with Gasteiger partial charge in [0.1, 0.15) is 5.54 Å². The predicted molar refractivity (Wildman–Crippen MR) is 71.7 cm³/mol. The first-order valence-electron chi connectivity index (χ1n) is 7.27. The second-order valence-electron chi connectivity index (χ2n) is 6.17. The summed E-state index contributed by atoms with van der Waals surface area (Å²) in [6, 6.07) is 0.438. The third kappa shape index (κ3) is 3.45. The maximum Gasteiger partial charge on any atom is 0.323 e. The summed E-state index contributed by atoms with van der Waals surface area (Å²) in [7, 11) is 0. The monoisotopic (exact) mass is 254 g/mol. The molecule has 4 heteroatoms. The summed E-state index contributed by atoms with van der Waals surface area (Å²) in [5.74, 6) is 0.109. The third-order valence-corrected chi connectivity index (χ3v) is 4.45. The van der Waals surface area contributed by atoms with Gasteiger partial charge in [0.2, 0.25) is 0 Å². The van der Waals surface area contributed by atoms with Crippen molar-refractivity contribution in [1.82, 2.24) is 10.2 Å². The lowest BCUT2D eigenvalue weighted by Gasteiger charge is -2.28. The van der Waals surface area contributed by atoms with Crippen molar-refractivity contribution < 1.29 is 9.90 Å². The van der Waals surface area contributed by atoms with Crippen molar-refractivity contribution in [3.8, 4) is 0 Å². The molecule has 0 spiro atoms. The fourth-order valence-electron chi connectivity index (χ4n) is 2.75. The molecule has 18 heavy (non-hydrogen) atoms. The van der Waals surface area contributed by atoms with Crippen LogP contribution in [0.15, 0.2) is 0 Å². The lowest BCUT2D eigenvalue weighted by atomic mass is 9.97.